The minimum Gasteiger partial charge on any atom is -0.319 e. The Morgan fingerprint density at radius 2 is 2.22 bits per heavy atom. The van der Waals surface area contributed by atoms with E-state index >= 15 is 0 Å². The Balaban J connectivity index is 1.77. The molecule has 0 saturated heterocycles. The zero-order chi connectivity index (χ0) is 12.8. The van der Waals surface area contributed by atoms with Gasteiger partial charge in [0.2, 0.25) is 0 Å². The quantitative estimate of drug-likeness (QED) is 0.888. The SMILES string of the molecule is CNCC1CCc2nc(C3CC3(C)C)ncc2C1. The van der Waals surface area contributed by atoms with Crippen LogP contribution in [0.3, 0.4) is 0 Å². The Morgan fingerprint density at radius 1 is 1.44 bits per heavy atom. The predicted molar refractivity (Wildman–Crippen MR) is 72.6 cm³/mol. The van der Waals surface area contributed by atoms with Gasteiger partial charge >= 0.3 is 0 Å². The molecule has 1 N–H and O–H groups in total. The largest absolute Gasteiger partial charge is 0.319 e. The van der Waals surface area contributed by atoms with E-state index in [1.54, 1.807) is 0 Å². The second-order valence-electron chi connectivity index (χ2n) is 6.61. The van der Waals surface area contributed by atoms with Crippen molar-refractivity contribution in [1.82, 2.24) is 15.3 Å². The van der Waals surface area contributed by atoms with Crippen molar-refractivity contribution in [1.29, 1.82) is 0 Å². The van der Waals surface area contributed by atoms with Crippen LogP contribution in [-0.2, 0) is 12.8 Å². The van der Waals surface area contributed by atoms with Crippen LogP contribution in [0.2, 0.25) is 0 Å². The first-order valence-electron chi connectivity index (χ1n) is 7.09. The number of fused-ring (bicyclic) bond motifs is 1. The van der Waals surface area contributed by atoms with E-state index in [1.807, 2.05) is 7.05 Å². The minimum atomic E-state index is 0.428. The molecule has 1 aromatic heterocycles. The molecule has 1 saturated carbocycles. The lowest BCUT2D eigenvalue weighted by atomic mass is 9.87. The van der Waals surface area contributed by atoms with Crippen LogP contribution in [0.1, 0.15) is 49.7 Å². The van der Waals surface area contributed by atoms with Crippen molar-refractivity contribution in [3.63, 3.8) is 0 Å². The molecule has 3 heteroatoms. The van der Waals surface area contributed by atoms with Crippen LogP contribution in [0, 0.1) is 11.3 Å². The molecule has 2 atom stereocenters. The zero-order valence-electron chi connectivity index (χ0n) is 11.7. The zero-order valence-corrected chi connectivity index (χ0v) is 11.7. The molecule has 2 unspecified atom stereocenters. The third-order valence-corrected chi connectivity index (χ3v) is 4.59. The summed E-state index contributed by atoms with van der Waals surface area (Å²) in [5.74, 6) is 2.44. The molecule has 2 aliphatic rings. The lowest BCUT2D eigenvalue weighted by molar-refractivity contribution is 0.432. The van der Waals surface area contributed by atoms with Crippen LogP contribution in [0.4, 0.5) is 0 Å². The number of nitrogens with one attached hydrogen (secondary N) is 1. The molecular weight excluding hydrogens is 222 g/mol. The average molecular weight is 245 g/mol. The number of hydrogen-bond donors (Lipinski definition) is 1. The molecule has 0 radical (unpaired) electrons. The highest BCUT2D eigenvalue weighted by molar-refractivity contribution is 5.25. The van der Waals surface area contributed by atoms with Crippen molar-refractivity contribution in [2.75, 3.05) is 13.6 Å². The molecule has 0 bridgehead atoms. The van der Waals surface area contributed by atoms with E-state index in [0.717, 1.165) is 31.1 Å². The van der Waals surface area contributed by atoms with Gasteiger partial charge in [0.05, 0.1) is 0 Å². The summed E-state index contributed by atoms with van der Waals surface area (Å²) >= 11 is 0. The Kier molecular flexibility index (Phi) is 2.89. The van der Waals surface area contributed by atoms with Crippen molar-refractivity contribution in [3.8, 4) is 0 Å². The summed E-state index contributed by atoms with van der Waals surface area (Å²) in [5, 5.41) is 3.28. The summed E-state index contributed by atoms with van der Waals surface area (Å²) in [4.78, 5) is 9.45. The van der Waals surface area contributed by atoms with Gasteiger partial charge in [0.25, 0.3) is 0 Å². The van der Waals surface area contributed by atoms with Crippen molar-refractivity contribution in [2.24, 2.45) is 11.3 Å². The van der Waals surface area contributed by atoms with Crippen molar-refractivity contribution < 1.29 is 0 Å². The summed E-state index contributed by atoms with van der Waals surface area (Å²) in [6, 6.07) is 0. The molecule has 0 spiro atoms. The van der Waals surface area contributed by atoms with Gasteiger partial charge < -0.3 is 5.32 Å². The van der Waals surface area contributed by atoms with E-state index in [1.165, 1.54) is 24.1 Å². The van der Waals surface area contributed by atoms with Crippen LogP contribution in [-0.4, -0.2) is 23.6 Å². The van der Waals surface area contributed by atoms with Gasteiger partial charge in [0.15, 0.2) is 0 Å². The van der Waals surface area contributed by atoms with Crippen LogP contribution in [0.25, 0.3) is 0 Å². The molecule has 0 amide bonds. The van der Waals surface area contributed by atoms with Gasteiger partial charge in [0.1, 0.15) is 5.82 Å². The fraction of sp³-hybridized carbons (Fsp3) is 0.733. The maximum atomic E-state index is 4.83. The molecule has 1 heterocycles. The van der Waals surface area contributed by atoms with Crippen LogP contribution < -0.4 is 5.32 Å². The lowest BCUT2D eigenvalue weighted by Gasteiger charge is -2.23. The van der Waals surface area contributed by atoms with Crippen LogP contribution in [0.5, 0.6) is 0 Å². The lowest BCUT2D eigenvalue weighted by Crippen LogP contribution is -2.25. The maximum Gasteiger partial charge on any atom is 0.132 e. The number of aryl methyl sites for hydroxylation is 1. The molecule has 3 rings (SSSR count). The van der Waals surface area contributed by atoms with E-state index < -0.39 is 0 Å². The molecule has 1 fully saturated rings. The normalized spacial score (nSPS) is 28.8. The number of nitrogens with zero attached hydrogens (tertiary/aromatic N) is 2. The molecule has 3 nitrogen and oxygen atoms in total. The Hall–Kier alpha value is -0.960. The fourth-order valence-electron chi connectivity index (χ4n) is 3.14. The molecule has 98 valence electrons. The number of rotatable bonds is 3. The first-order chi connectivity index (χ1) is 8.60. The summed E-state index contributed by atoms with van der Waals surface area (Å²) < 4.78 is 0. The molecule has 0 aliphatic heterocycles. The van der Waals surface area contributed by atoms with Gasteiger partial charge in [-0.1, -0.05) is 13.8 Å². The van der Waals surface area contributed by atoms with Crippen molar-refractivity contribution in [3.05, 3.63) is 23.3 Å². The highest BCUT2D eigenvalue weighted by Crippen LogP contribution is 2.57. The molecule has 1 aromatic rings. The van der Waals surface area contributed by atoms with Gasteiger partial charge in [-0.05, 0) is 56.2 Å². The summed E-state index contributed by atoms with van der Waals surface area (Å²) in [7, 11) is 2.03. The van der Waals surface area contributed by atoms with E-state index in [4.69, 9.17) is 4.98 Å². The maximum absolute atomic E-state index is 4.83. The van der Waals surface area contributed by atoms with Crippen LogP contribution in [0.15, 0.2) is 6.20 Å². The van der Waals surface area contributed by atoms with Gasteiger partial charge in [-0.15, -0.1) is 0 Å². The average Bonchev–Trinajstić information content (AvgIpc) is 2.98. The number of aromatic nitrogens is 2. The second-order valence-corrected chi connectivity index (χ2v) is 6.61. The Labute approximate surface area is 109 Å². The smallest absolute Gasteiger partial charge is 0.132 e. The summed E-state index contributed by atoms with van der Waals surface area (Å²) in [6.07, 6.45) is 6.87. The van der Waals surface area contributed by atoms with E-state index in [0.29, 0.717) is 11.3 Å². The van der Waals surface area contributed by atoms with Gasteiger partial charge in [-0.3, -0.25) is 0 Å². The first-order valence-corrected chi connectivity index (χ1v) is 7.09. The summed E-state index contributed by atoms with van der Waals surface area (Å²) in [5.41, 5.74) is 3.12. The second kappa shape index (κ2) is 4.30. The van der Waals surface area contributed by atoms with Crippen molar-refractivity contribution >= 4 is 0 Å². The number of hydrogen-bond acceptors (Lipinski definition) is 3. The Bertz CT molecular complexity index is 453. The minimum absolute atomic E-state index is 0.428. The standard InChI is InChI=1S/C15H23N3/c1-15(2)7-12(15)14-17-9-11-6-10(8-16-3)4-5-13(11)18-14/h9-10,12,16H,4-8H2,1-3H3. The van der Waals surface area contributed by atoms with Crippen LogP contribution >= 0.6 is 0 Å². The third kappa shape index (κ3) is 2.16. The molecule has 0 aromatic carbocycles. The summed E-state index contributed by atoms with van der Waals surface area (Å²) in [6.45, 7) is 5.73. The first kappa shape index (κ1) is 12.1. The molecule has 18 heavy (non-hydrogen) atoms. The molecular formula is C15H23N3. The van der Waals surface area contributed by atoms with Gasteiger partial charge in [-0.25, -0.2) is 9.97 Å². The third-order valence-electron chi connectivity index (χ3n) is 4.59. The van der Waals surface area contributed by atoms with E-state index in [2.05, 4.69) is 30.3 Å². The van der Waals surface area contributed by atoms with E-state index in [-0.39, 0.29) is 0 Å². The fourth-order valence-corrected chi connectivity index (χ4v) is 3.14. The highest BCUT2D eigenvalue weighted by atomic mass is 14.9. The Morgan fingerprint density at radius 3 is 2.89 bits per heavy atom. The van der Waals surface area contributed by atoms with Gasteiger partial charge in [-0.2, -0.15) is 0 Å². The monoisotopic (exact) mass is 245 g/mol. The van der Waals surface area contributed by atoms with E-state index in [9.17, 15) is 0 Å². The van der Waals surface area contributed by atoms with Gasteiger partial charge in [0, 0.05) is 17.8 Å². The molecule has 2 aliphatic carbocycles. The van der Waals surface area contributed by atoms with Crippen molar-refractivity contribution in [2.45, 2.75) is 45.4 Å². The predicted octanol–water partition coefficient (Wildman–Crippen LogP) is 2.31. The highest BCUT2D eigenvalue weighted by Gasteiger charge is 2.48. The topological polar surface area (TPSA) is 37.8 Å².